The van der Waals surface area contributed by atoms with Crippen LogP contribution in [0.4, 0.5) is 0 Å². The number of aryl methyl sites for hydroxylation is 2. The van der Waals surface area contributed by atoms with Gasteiger partial charge >= 0.3 is 0 Å². The van der Waals surface area contributed by atoms with Gasteiger partial charge in [-0.2, -0.15) is 10.4 Å². The second-order valence-corrected chi connectivity index (χ2v) is 5.59. The molecule has 0 fully saturated rings. The van der Waals surface area contributed by atoms with Crippen molar-refractivity contribution in [2.75, 3.05) is 0 Å². The van der Waals surface area contributed by atoms with Crippen LogP contribution in [0, 0.1) is 18.3 Å². The van der Waals surface area contributed by atoms with E-state index in [2.05, 4.69) is 37.7 Å². The molecule has 1 aromatic carbocycles. The van der Waals surface area contributed by atoms with Gasteiger partial charge in [0.25, 0.3) is 0 Å². The molecule has 5 heteroatoms. The highest BCUT2D eigenvalue weighted by Gasteiger charge is 2.12. The number of hydrogen-bond donors (Lipinski definition) is 0. The molecule has 0 saturated carbocycles. The first-order valence-electron chi connectivity index (χ1n) is 6.27. The van der Waals surface area contributed by atoms with Gasteiger partial charge in [-0.3, -0.25) is 4.68 Å². The minimum absolute atomic E-state index is 0.678. The van der Waals surface area contributed by atoms with E-state index in [-0.39, 0.29) is 0 Å². The molecule has 0 unspecified atom stereocenters. The quantitative estimate of drug-likeness (QED) is 0.724. The summed E-state index contributed by atoms with van der Waals surface area (Å²) in [4.78, 5) is 0. The van der Waals surface area contributed by atoms with Crippen LogP contribution >= 0.6 is 15.9 Å². The van der Waals surface area contributed by atoms with Crippen LogP contribution in [0.3, 0.4) is 0 Å². The Morgan fingerprint density at radius 2 is 2.15 bits per heavy atom. The van der Waals surface area contributed by atoms with Gasteiger partial charge in [-0.1, -0.05) is 6.07 Å². The highest BCUT2D eigenvalue weighted by Crippen LogP contribution is 2.24. The Balaban J connectivity index is 2.09. The number of rotatable bonds is 2. The molecule has 3 rings (SSSR count). The van der Waals surface area contributed by atoms with E-state index in [9.17, 15) is 0 Å². The first-order chi connectivity index (χ1) is 9.60. The van der Waals surface area contributed by atoms with E-state index < -0.39 is 0 Å². The van der Waals surface area contributed by atoms with Crippen molar-refractivity contribution in [3.8, 4) is 6.07 Å². The lowest BCUT2D eigenvalue weighted by Gasteiger charge is -2.07. The topological polar surface area (TPSA) is 46.5 Å². The average Bonchev–Trinajstić information content (AvgIpc) is 2.95. The lowest BCUT2D eigenvalue weighted by Crippen LogP contribution is -2.05. The third kappa shape index (κ3) is 2.02. The van der Waals surface area contributed by atoms with E-state index in [1.165, 1.54) is 0 Å². The number of fused-ring (bicyclic) bond motifs is 1. The van der Waals surface area contributed by atoms with E-state index in [0.29, 0.717) is 5.56 Å². The summed E-state index contributed by atoms with van der Waals surface area (Å²) < 4.78 is 5.06. The summed E-state index contributed by atoms with van der Waals surface area (Å²) in [6, 6.07) is 10.00. The van der Waals surface area contributed by atoms with Crippen molar-refractivity contribution in [3.63, 3.8) is 0 Å². The van der Waals surface area contributed by atoms with Gasteiger partial charge in [0.05, 0.1) is 34.0 Å². The van der Waals surface area contributed by atoms with Crippen LogP contribution in [0.2, 0.25) is 0 Å². The lowest BCUT2D eigenvalue weighted by molar-refractivity contribution is 0.671. The summed E-state index contributed by atoms with van der Waals surface area (Å²) in [5, 5.41) is 14.6. The molecule has 0 spiro atoms. The molecule has 0 amide bonds. The Hall–Kier alpha value is -2.06. The van der Waals surface area contributed by atoms with Gasteiger partial charge in [0.15, 0.2) is 0 Å². The maximum Gasteiger partial charge on any atom is 0.0992 e. The summed E-state index contributed by atoms with van der Waals surface area (Å²) >= 11 is 3.59. The molecule has 0 aliphatic heterocycles. The Kier molecular flexibility index (Phi) is 3.11. The zero-order valence-corrected chi connectivity index (χ0v) is 12.8. The molecule has 0 atom stereocenters. The van der Waals surface area contributed by atoms with Gasteiger partial charge in [-0.05, 0) is 46.4 Å². The Morgan fingerprint density at radius 3 is 2.80 bits per heavy atom. The molecule has 4 nitrogen and oxygen atoms in total. The molecule has 2 heterocycles. The molecule has 20 heavy (non-hydrogen) atoms. The number of aromatic nitrogens is 3. The standard InChI is InChI=1S/C15H13BrN4/c1-10-15(16)14(19(2)18-10)9-20-6-5-12-4-3-11(8-17)7-13(12)20/h3-7H,9H2,1-2H3. The summed E-state index contributed by atoms with van der Waals surface area (Å²) in [7, 11) is 1.94. The molecule has 3 aromatic rings. The zero-order valence-electron chi connectivity index (χ0n) is 11.3. The summed E-state index contributed by atoms with van der Waals surface area (Å²) in [5.74, 6) is 0. The van der Waals surface area contributed by atoms with Crippen LogP contribution < -0.4 is 0 Å². The highest BCUT2D eigenvalue weighted by molar-refractivity contribution is 9.10. The van der Waals surface area contributed by atoms with Gasteiger partial charge in [-0.15, -0.1) is 0 Å². The molecule has 0 saturated heterocycles. The maximum atomic E-state index is 9.03. The van der Waals surface area contributed by atoms with Gasteiger partial charge < -0.3 is 4.57 Å². The van der Waals surface area contributed by atoms with Gasteiger partial charge in [0, 0.05) is 18.8 Å². The fourth-order valence-corrected chi connectivity index (χ4v) is 2.87. The molecule has 0 radical (unpaired) electrons. The predicted molar refractivity (Wildman–Crippen MR) is 81.4 cm³/mol. The minimum atomic E-state index is 0.678. The monoisotopic (exact) mass is 328 g/mol. The minimum Gasteiger partial charge on any atom is -0.341 e. The Morgan fingerprint density at radius 1 is 1.35 bits per heavy atom. The molecule has 100 valence electrons. The largest absolute Gasteiger partial charge is 0.341 e. The zero-order chi connectivity index (χ0) is 14.3. The maximum absolute atomic E-state index is 9.03. The van der Waals surface area contributed by atoms with E-state index in [1.54, 1.807) is 0 Å². The molecule has 0 aliphatic carbocycles. The van der Waals surface area contributed by atoms with Crippen molar-refractivity contribution in [1.82, 2.24) is 14.3 Å². The van der Waals surface area contributed by atoms with Crippen molar-refractivity contribution in [2.45, 2.75) is 13.5 Å². The predicted octanol–water partition coefficient (Wildman–Crippen LogP) is 3.37. The van der Waals surface area contributed by atoms with Crippen LogP contribution in [-0.4, -0.2) is 14.3 Å². The number of hydrogen-bond acceptors (Lipinski definition) is 2. The smallest absolute Gasteiger partial charge is 0.0992 e. The first kappa shape index (κ1) is 12.9. The molecular formula is C15H13BrN4. The second-order valence-electron chi connectivity index (χ2n) is 4.80. The van der Waals surface area contributed by atoms with Crippen molar-refractivity contribution in [1.29, 1.82) is 5.26 Å². The Bertz CT molecular complexity index is 836. The van der Waals surface area contributed by atoms with Crippen molar-refractivity contribution >= 4 is 26.8 Å². The first-order valence-corrected chi connectivity index (χ1v) is 7.06. The average molecular weight is 329 g/mol. The van der Waals surface area contributed by atoms with Crippen LogP contribution in [0.1, 0.15) is 17.0 Å². The molecule has 0 aliphatic rings. The normalized spacial score (nSPS) is 10.9. The summed E-state index contributed by atoms with van der Waals surface area (Å²) in [6.07, 6.45) is 2.04. The third-order valence-electron chi connectivity index (χ3n) is 3.48. The van der Waals surface area contributed by atoms with Crippen LogP contribution in [0.25, 0.3) is 10.9 Å². The SMILES string of the molecule is Cc1nn(C)c(Cn2ccc3ccc(C#N)cc32)c1Br. The van der Waals surface area contributed by atoms with Crippen molar-refractivity contribution in [2.24, 2.45) is 7.05 Å². The lowest BCUT2D eigenvalue weighted by atomic mass is 10.2. The number of nitriles is 1. The molecular weight excluding hydrogens is 316 g/mol. The van der Waals surface area contributed by atoms with Gasteiger partial charge in [0.1, 0.15) is 0 Å². The van der Waals surface area contributed by atoms with E-state index in [0.717, 1.165) is 33.3 Å². The fraction of sp³-hybridized carbons (Fsp3) is 0.200. The van der Waals surface area contributed by atoms with Crippen LogP contribution in [0.5, 0.6) is 0 Å². The van der Waals surface area contributed by atoms with Gasteiger partial charge in [0.2, 0.25) is 0 Å². The van der Waals surface area contributed by atoms with E-state index >= 15 is 0 Å². The van der Waals surface area contributed by atoms with E-state index in [4.69, 9.17) is 5.26 Å². The van der Waals surface area contributed by atoms with Crippen molar-refractivity contribution < 1.29 is 0 Å². The fourth-order valence-electron chi connectivity index (χ4n) is 2.40. The Labute approximate surface area is 125 Å². The highest BCUT2D eigenvalue weighted by atomic mass is 79.9. The number of halogens is 1. The molecule has 2 aromatic heterocycles. The van der Waals surface area contributed by atoms with Crippen molar-refractivity contribution in [3.05, 3.63) is 51.9 Å². The van der Waals surface area contributed by atoms with Crippen LogP contribution in [-0.2, 0) is 13.6 Å². The molecule has 0 N–H and O–H groups in total. The summed E-state index contributed by atoms with van der Waals surface area (Å²) in [6.45, 7) is 2.70. The second kappa shape index (κ2) is 4.80. The van der Waals surface area contributed by atoms with E-state index in [1.807, 2.05) is 43.0 Å². The summed E-state index contributed by atoms with van der Waals surface area (Å²) in [5.41, 5.74) is 3.84. The third-order valence-corrected chi connectivity index (χ3v) is 4.52. The van der Waals surface area contributed by atoms with Gasteiger partial charge in [-0.25, -0.2) is 0 Å². The van der Waals surface area contributed by atoms with Crippen LogP contribution in [0.15, 0.2) is 34.9 Å². The number of nitrogens with zero attached hydrogens (tertiary/aromatic N) is 4. The molecule has 0 bridgehead atoms. The number of benzene rings is 1.